The van der Waals surface area contributed by atoms with Gasteiger partial charge in [-0.1, -0.05) is 30.9 Å². The zero-order valence-corrected chi connectivity index (χ0v) is 18.1. The highest BCUT2D eigenvalue weighted by Gasteiger charge is 2.20. The molecule has 29 heavy (non-hydrogen) atoms. The number of aliphatic hydroxyl groups is 1. The minimum atomic E-state index is -0.985. The summed E-state index contributed by atoms with van der Waals surface area (Å²) in [5, 5.41) is 13.2. The van der Waals surface area contributed by atoms with Crippen molar-refractivity contribution in [1.82, 2.24) is 9.88 Å². The third-order valence-electron chi connectivity index (χ3n) is 5.24. The number of benzene rings is 1. The van der Waals surface area contributed by atoms with Crippen molar-refractivity contribution < 1.29 is 5.11 Å². The number of piperazine rings is 1. The molecule has 0 amide bonds. The van der Waals surface area contributed by atoms with Crippen LogP contribution in [0.25, 0.3) is 21.3 Å². The van der Waals surface area contributed by atoms with E-state index in [0.717, 1.165) is 55.4 Å². The second kappa shape index (κ2) is 8.16. The standard InChI is InChI=1S/C24H27N3OS/c1-4-26-12-14-27(15-13-26)23-20-10-16-29-22(20)17-21(25-23)19-7-5-18(6-8-19)9-11-24(2,3)28/h5-8,10,16-17,28H,4,12-15H2,1-3H3. The van der Waals surface area contributed by atoms with E-state index in [0.29, 0.717) is 0 Å². The van der Waals surface area contributed by atoms with Crippen LogP contribution < -0.4 is 4.90 Å². The first-order valence-electron chi connectivity index (χ1n) is 10.1. The summed E-state index contributed by atoms with van der Waals surface area (Å²) in [4.78, 5) is 9.98. The van der Waals surface area contributed by atoms with E-state index in [2.05, 4.69) is 58.2 Å². The number of anilines is 1. The summed E-state index contributed by atoms with van der Waals surface area (Å²) >= 11 is 1.77. The van der Waals surface area contributed by atoms with Crippen LogP contribution in [0.15, 0.2) is 41.8 Å². The highest BCUT2D eigenvalue weighted by atomic mass is 32.1. The maximum absolute atomic E-state index is 9.79. The summed E-state index contributed by atoms with van der Waals surface area (Å²) in [6.07, 6.45) is 0. The van der Waals surface area contributed by atoms with Gasteiger partial charge >= 0.3 is 0 Å². The van der Waals surface area contributed by atoms with E-state index in [4.69, 9.17) is 4.98 Å². The maximum Gasteiger partial charge on any atom is 0.138 e. The second-order valence-electron chi connectivity index (χ2n) is 7.97. The molecule has 0 bridgehead atoms. The Morgan fingerprint density at radius 3 is 2.48 bits per heavy atom. The van der Waals surface area contributed by atoms with Gasteiger partial charge < -0.3 is 14.9 Å². The molecule has 1 aliphatic rings. The van der Waals surface area contributed by atoms with E-state index in [1.807, 2.05) is 12.1 Å². The lowest BCUT2D eigenvalue weighted by atomic mass is 10.1. The SMILES string of the molecule is CCN1CCN(c2nc(-c3ccc(C#CC(C)(C)O)cc3)cc3sccc23)CC1. The summed E-state index contributed by atoms with van der Waals surface area (Å²) in [5.41, 5.74) is 1.99. The lowest BCUT2D eigenvalue weighted by Crippen LogP contribution is -2.46. The Morgan fingerprint density at radius 1 is 1.10 bits per heavy atom. The molecule has 1 aliphatic heterocycles. The number of fused-ring (bicyclic) bond motifs is 1. The lowest BCUT2D eigenvalue weighted by molar-refractivity contribution is 0.143. The summed E-state index contributed by atoms with van der Waals surface area (Å²) in [7, 11) is 0. The molecule has 1 N–H and O–H groups in total. The molecule has 0 radical (unpaired) electrons. The molecular weight excluding hydrogens is 378 g/mol. The Labute approximate surface area is 176 Å². The Hall–Kier alpha value is -2.39. The van der Waals surface area contributed by atoms with Gasteiger partial charge in [-0.15, -0.1) is 11.3 Å². The highest BCUT2D eigenvalue weighted by Crippen LogP contribution is 2.33. The quantitative estimate of drug-likeness (QED) is 0.662. The van der Waals surface area contributed by atoms with Crippen molar-refractivity contribution in [3.8, 4) is 23.1 Å². The van der Waals surface area contributed by atoms with Gasteiger partial charge in [0, 0.05) is 47.4 Å². The fraction of sp³-hybridized carbons (Fsp3) is 0.375. The van der Waals surface area contributed by atoms with Crippen molar-refractivity contribution in [2.24, 2.45) is 0 Å². The van der Waals surface area contributed by atoms with Crippen LogP contribution >= 0.6 is 11.3 Å². The number of likely N-dealkylation sites (N-methyl/N-ethyl adjacent to an activating group) is 1. The Morgan fingerprint density at radius 2 is 1.83 bits per heavy atom. The van der Waals surface area contributed by atoms with Crippen molar-refractivity contribution >= 4 is 27.2 Å². The maximum atomic E-state index is 9.79. The van der Waals surface area contributed by atoms with Crippen LogP contribution in [0.1, 0.15) is 26.3 Å². The van der Waals surface area contributed by atoms with Gasteiger partial charge in [0.25, 0.3) is 0 Å². The molecule has 0 unspecified atom stereocenters. The molecule has 4 nitrogen and oxygen atoms in total. The highest BCUT2D eigenvalue weighted by molar-refractivity contribution is 7.17. The zero-order valence-electron chi connectivity index (χ0n) is 17.3. The Kier molecular flexibility index (Phi) is 5.60. The summed E-state index contributed by atoms with van der Waals surface area (Å²) < 4.78 is 1.27. The van der Waals surface area contributed by atoms with Crippen LogP contribution in [0.3, 0.4) is 0 Å². The molecule has 2 aromatic heterocycles. The molecule has 1 saturated heterocycles. The first-order chi connectivity index (χ1) is 13.9. The van der Waals surface area contributed by atoms with E-state index in [9.17, 15) is 5.11 Å². The fourth-order valence-corrected chi connectivity index (χ4v) is 4.38. The molecule has 0 spiro atoms. The van der Waals surface area contributed by atoms with Crippen LogP contribution in [0.2, 0.25) is 0 Å². The predicted octanol–water partition coefficient (Wildman–Crippen LogP) is 4.23. The average Bonchev–Trinajstić information content (AvgIpc) is 3.20. The van der Waals surface area contributed by atoms with Crippen LogP contribution in [-0.2, 0) is 0 Å². The third kappa shape index (κ3) is 4.62. The number of hydrogen-bond donors (Lipinski definition) is 1. The minimum absolute atomic E-state index is 0.893. The van der Waals surface area contributed by atoms with Gasteiger partial charge in [-0.05, 0) is 50.0 Å². The van der Waals surface area contributed by atoms with Crippen LogP contribution in [-0.4, -0.2) is 53.3 Å². The summed E-state index contributed by atoms with van der Waals surface area (Å²) in [6, 6.07) is 12.5. The number of hydrogen-bond acceptors (Lipinski definition) is 5. The van der Waals surface area contributed by atoms with Crippen molar-refractivity contribution in [3.63, 3.8) is 0 Å². The molecule has 5 heteroatoms. The largest absolute Gasteiger partial charge is 0.378 e. The van der Waals surface area contributed by atoms with Gasteiger partial charge in [-0.3, -0.25) is 0 Å². The van der Waals surface area contributed by atoms with Gasteiger partial charge in [0.15, 0.2) is 0 Å². The first-order valence-corrected chi connectivity index (χ1v) is 11.0. The van der Waals surface area contributed by atoms with Gasteiger partial charge in [0.1, 0.15) is 11.4 Å². The van der Waals surface area contributed by atoms with E-state index >= 15 is 0 Å². The monoisotopic (exact) mass is 405 g/mol. The van der Waals surface area contributed by atoms with Gasteiger partial charge in [-0.2, -0.15) is 0 Å². The van der Waals surface area contributed by atoms with E-state index in [-0.39, 0.29) is 0 Å². The van der Waals surface area contributed by atoms with E-state index in [1.165, 1.54) is 10.1 Å². The average molecular weight is 406 g/mol. The molecule has 1 aromatic carbocycles. The molecule has 4 rings (SSSR count). The number of nitrogens with zero attached hydrogens (tertiary/aromatic N) is 3. The summed E-state index contributed by atoms with van der Waals surface area (Å²) in [5.74, 6) is 6.99. The van der Waals surface area contributed by atoms with Gasteiger partial charge in [-0.25, -0.2) is 4.98 Å². The Balaban J connectivity index is 1.65. The molecule has 0 aliphatic carbocycles. The van der Waals surface area contributed by atoms with Crippen LogP contribution in [0, 0.1) is 11.8 Å². The van der Waals surface area contributed by atoms with Crippen molar-refractivity contribution in [3.05, 3.63) is 47.3 Å². The molecule has 150 valence electrons. The van der Waals surface area contributed by atoms with Crippen LogP contribution in [0.4, 0.5) is 5.82 Å². The van der Waals surface area contributed by atoms with Crippen molar-refractivity contribution in [2.75, 3.05) is 37.6 Å². The molecular formula is C24H27N3OS. The molecule has 3 heterocycles. The third-order valence-corrected chi connectivity index (χ3v) is 6.11. The molecule has 3 aromatic rings. The van der Waals surface area contributed by atoms with Gasteiger partial charge in [0.2, 0.25) is 0 Å². The number of aromatic nitrogens is 1. The molecule has 0 atom stereocenters. The van der Waals surface area contributed by atoms with Crippen LogP contribution in [0.5, 0.6) is 0 Å². The lowest BCUT2D eigenvalue weighted by Gasteiger charge is -2.35. The zero-order chi connectivity index (χ0) is 20.4. The number of thiophene rings is 1. The summed E-state index contributed by atoms with van der Waals surface area (Å²) in [6.45, 7) is 10.9. The van der Waals surface area contributed by atoms with E-state index < -0.39 is 5.60 Å². The minimum Gasteiger partial charge on any atom is -0.378 e. The number of rotatable bonds is 3. The predicted molar refractivity (Wildman–Crippen MR) is 123 cm³/mol. The van der Waals surface area contributed by atoms with E-state index in [1.54, 1.807) is 25.2 Å². The van der Waals surface area contributed by atoms with Gasteiger partial charge in [0.05, 0.1) is 5.69 Å². The smallest absolute Gasteiger partial charge is 0.138 e. The topological polar surface area (TPSA) is 39.6 Å². The Bertz CT molecular complexity index is 1050. The van der Waals surface area contributed by atoms with Crippen molar-refractivity contribution in [2.45, 2.75) is 26.4 Å². The fourth-order valence-electron chi connectivity index (χ4n) is 3.56. The van der Waals surface area contributed by atoms with Crippen molar-refractivity contribution in [1.29, 1.82) is 0 Å². The molecule has 0 saturated carbocycles. The second-order valence-corrected chi connectivity index (χ2v) is 8.92. The number of pyridine rings is 1. The first kappa shape index (κ1) is 19.9. The normalized spacial score (nSPS) is 15.4. The molecule has 1 fully saturated rings.